The van der Waals surface area contributed by atoms with Crippen LogP contribution in [0, 0.1) is 17.6 Å². The second kappa shape index (κ2) is 4.44. The van der Waals surface area contributed by atoms with Crippen LogP contribution in [0.3, 0.4) is 0 Å². The topological polar surface area (TPSA) is 39.9 Å². The minimum absolute atomic E-state index is 0.198. The molecule has 4 nitrogen and oxygen atoms in total. The minimum Gasteiger partial charge on any atom is -0.433 e. The minimum atomic E-state index is -1.41. The van der Waals surface area contributed by atoms with Crippen molar-refractivity contribution < 1.29 is 17.9 Å². The number of hydrogen-bond donors (Lipinski definition) is 0. The van der Waals surface area contributed by atoms with Gasteiger partial charge in [0.05, 0.1) is 12.4 Å². The highest BCUT2D eigenvalue weighted by molar-refractivity contribution is 5.23. The zero-order chi connectivity index (χ0) is 12.4. The Labute approximate surface area is 94.7 Å². The summed E-state index contributed by atoms with van der Waals surface area (Å²) in [4.78, 5) is 3.03. The number of aryl methyl sites for hydroxylation is 1. The first-order chi connectivity index (χ1) is 8.10. The maximum atomic E-state index is 13.2. The van der Waals surface area contributed by atoms with E-state index in [2.05, 4.69) is 10.1 Å². The van der Waals surface area contributed by atoms with Crippen LogP contribution < -0.4 is 4.74 Å². The number of halogens is 3. The van der Waals surface area contributed by atoms with Crippen molar-refractivity contribution in [1.29, 1.82) is 0 Å². The molecule has 0 radical (unpaired) electrons. The van der Waals surface area contributed by atoms with Crippen LogP contribution in [0.25, 0.3) is 0 Å². The molecule has 0 fully saturated rings. The molecule has 0 spiro atoms. The summed E-state index contributed by atoms with van der Waals surface area (Å²) in [6.45, 7) is 2.46. The lowest BCUT2D eigenvalue weighted by Gasteiger charge is -2.03. The maximum absolute atomic E-state index is 13.2. The van der Waals surface area contributed by atoms with E-state index in [1.54, 1.807) is 0 Å². The molecule has 90 valence electrons. The summed E-state index contributed by atoms with van der Waals surface area (Å²) in [7, 11) is 0. The summed E-state index contributed by atoms with van der Waals surface area (Å²) < 4.78 is 45.1. The van der Waals surface area contributed by atoms with Crippen molar-refractivity contribution in [2.24, 2.45) is 0 Å². The molecule has 17 heavy (non-hydrogen) atoms. The Morgan fingerprint density at radius 1 is 1.29 bits per heavy atom. The predicted octanol–water partition coefficient (Wildman–Crippen LogP) is 2.51. The van der Waals surface area contributed by atoms with Crippen LogP contribution in [0.15, 0.2) is 18.5 Å². The number of hydrogen-bond acceptors (Lipinski definition) is 3. The number of pyridine rings is 1. The van der Waals surface area contributed by atoms with Crippen molar-refractivity contribution in [3.05, 3.63) is 36.0 Å². The Morgan fingerprint density at radius 2 is 2.06 bits per heavy atom. The molecular formula is C10H8F3N3O. The van der Waals surface area contributed by atoms with Gasteiger partial charge in [0, 0.05) is 12.6 Å². The Bertz CT molecular complexity index is 542. The van der Waals surface area contributed by atoms with Crippen molar-refractivity contribution in [3.8, 4) is 11.6 Å². The lowest BCUT2D eigenvalue weighted by molar-refractivity contribution is 0.386. The first kappa shape index (κ1) is 11.4. The normalized spacial score (nSPS) is 10.6. The van der Waals surface area contributed by atoms with E-state index in [0.717, 1.165) is 0 Å². The van der Waals surface area contributed by atoms with Crippen LogP contribution >= 0.6 is 0 Å². The average molecular weight is 243 g/mol. The van der Waals surface area contributed by atoms with Crippen LogP contribution in [0.4, 0.5) is 13.2 Å². The van der Waals surface area contributed by atoms with Gasteiger partial charge >= 0.3 is 0 Å². The number of nitrogens with zero attached hydrogens (tertiary/aromatic N) is 3. The summed E-state index contributed by atoms with van der Waals surface area (Å²) in [6.07, 6.45) is 2.81. The fourth-order valence-corrected chi connectivity index (χ4v) is 1.18. The molecule has 0 atom stereocenters. The van der Waals surface area contributed by atoms with E-state index in [4.69, 9.17) is 4.74 Å². The molecule has 2 heterocycles. The van der Waals surface area contributed by atoms with E-state index >= 15 is 0 Å². The molecule has 7 heteroatoms. The van der Waals surface area contributed by atoms with Crippen molar-refractivity contribution in [3.63, 3.8) is 0 Å². The average Bonchev–Trinajstić information content (AvgIpc) is 2.73. The van der Waals surface area contributed by atoms with Crippen LogP contribution in [0.5, 0.6) is 11.6 Å². The van der Waals surface area contributed by atoms with E-state index in [1.807, 2.05) is 6.92 Å². The van der Waals surface area contributed by atoms with Gasteiger partial charge < -0.3 is 4.74 Å². The van der Waals surface area contributed by atoms with Crippen molar-refractivity contribution >= 4 is 0 Å². The molecule has 0 unspecified atom stereocenters. The van der Waals surface area contributed by atoms with Crippen LogP contribution in [0.1, 0.15) is 6.92 Å². The summed E-state index contributed by atoms with van der Waals surface area (Å²) in [5, 5.41) is 3.87. The second-order valence-electron chi connectivity index (χ2n) is 3.18. The molecular weight excluding hydrogens is 235 g/mol. The molecule has 2 rings (SSSR count). The second-order valence-corrected chi connectivity index (χ2v) is 3.18. The third-order valence-electron chi connectivity index (χ3n) is 2.00. The Hall–Kier alpha value is -2.05. The van der Waals surface area contributed by atoms with Gasteiger partial charge in [-0.3, -0.25) is 4.68 Å². The lowest BCUT2D eigenvalue weighted by Crippen LogP contribution is -1.97. The van der Waals surface area contributed by atoms with Gasteiger partial charge in [-0.05, 0) is 6.92 Å². The third kappa shape index (κ3) is 2.38. The van der Waals surface area contributed by atoms with Gasteiger partial charge in [-0.15, -0.1) is 0 Å². The van der Waals surface area contributed by atoms with Crippen molar-refractivity contribution in [2.75, 3.05) is 0 Å². The van der Waals surface area contributed by atoms with E-state index in [-0.39, 0.29) is 5.75 Å². The summed E-state index contributed by atoms with van der Waals surface area (Å²) in [5.74, 6) is -4.28. The first-order valence-electron chi connectivity index (χ1n) is 4.82. The van der Waals surface area contributed by atoms with Crippen molar-refractivity contribution in [1.82, 2.24) is 14.8 Å². The van der Waals surface area contributed by atoms with Gasteiger partial charge in [-0.25, -0.2) is 8.78 Å². The molecule has 0 aliphatic heterocycles. The van der Waals surface area contributed by atoms with Crippen LogP contribution in [0.2, 0.25) is 0 Å². The molecule has 0 saturated carbocycles. The molecule has 0 aliphatic rings. The third-order valence-corrected chi connectivity index (χ3v) is 2.00. The van der Waals surface area contributed by atoms with Crippen molar-refractivity contribution in [2.45, 2.75) is 13.5 Å². The predicted molar refractivity (Wildman–Crippen MR) is 52.1 cm³/mol. The monoisotopic (exact) mass is 243 g/mol. The van der Waals surface area contributed by atoms with Gasteiger partial charge in [-0.1, -0.05) is 0 Å². The summed E-state index contributed by atoms with van der Waals surface area (Å²) in [5.41, 5.74) is 0. The van der Waals surface area contributed by atoms with E-state index < -0.39 is 23.5 Å². The van der Waals surface area contributed by atoms with Gasteiger partial charge in [0.25, 0.3) is 11.8 Å². The Morgan fingerprint density at radius 3 is 2.71 bits per heavy atom. The summed E-state index contributed by atoms with van der Waals surface area (Å²) in [6, 6.07) is 0.377. The fourth-order valence-electron chi connectivity index (χ4n) is 1.18. The highest BCUT2D eigenvalue weighted by atomic mass is 19.2. The van der Waals surface area contributed by atoms with Gasteiger partial charge in [0.1, 0.15) is 0 Å². The number of aromatic nitrogens is 3. The zero-order valence-corrected chi connectivity index (χ0v) is 8.82. The molecule has 0 amide bonds. The molecule has 0 saturated heterocycles. The fraction of sp³-hybridized carbons (Fsp3) is 0.200. The Balaban J connectivity index is 2.26. The molecule has 2 aromatic rings. The number of ether oxygens (including phenoxy) is 1. The highest BCUT2D eigenvalue weighted by Crippen LogP contribution is 2.22. The standard InChI is InChI=1S/C10H8F3N3O/c1-2-16-5-6(4-14-16)17-10-8(12)3-7(11)9(13)15-10/h3-5H,2H2,1H3. The quantitative estimate of drug-likeness (QED) is 0.777. The van der Waals surface area contributed by atoms with Gasteiger partial charge in [0.15, 0.2) is 17.4 Å². The lowest BCUT2D eigenvalue weighted by atomic mass is 10.4. The van der Waals surface area contributed by atoms with Crippen LogP contribution in [-0.2, 0) is 6.54 Å². The van der Waals surface area contributed by atoms with E-state index in [1.165, 1.54) is 17.1 Å². The zero-order valence-electron chi connectivity index (χ0n) is 8.82. The first-order valence-corrected chi connectivity index (χ1v) is 4.82. The highest BCUT2D eigenvalue weighted by Gasteiger charge is 2.14. The summed E-state index contributed by atoms with van der Waals surface area (Å²) >= 11 is 0. The molecule has 0 aromatic carbocycles. The van der Waals surface area contributed by atoms with E-state index in [9.17, 15) is 13.2 Å². The number of rotatable bonds is 3. The molecule has 0 bridgehead atoms. The maximum Gasteiger partial charge on any atom is 0.258 e. The van der Waals surface area contributed by atoms with Gasteiger partial charge in [-0.2, -0.15) is 14.5 Å². The molecule has 0 N–H and O–H groups in total. The van der Waals surface area contributed by atoms with Gasteiger partial charge in [0.2, 0.25) is 0 Å². The van der Waals surface area contributed by atoms with E-state index in [0.29, 0.717) is 12.6 Å². The molecule has 2 aromatic heterocycles. The van der Waals surface area contributed by atoms with Crippen LogP contribution in [-0.4, -0.2) is 14.8 Å². The smallest absolute Gasteiger partial charge is 0.258 e. The molecule has 0 aliphatic carbocycles. The Kier molecular flexibility index (Phi) is 2.99. The largest absolute Gasteiger partial charge is 0.433 e. The SMILES string of the molecule is CCn1cc(Oc2nc(F)c(F)cc2F)cn1.